The summed E-state index contributed by atoms with van der Waals surface area (Å²) in [5.41, 5.74) is -2.20. The van der Waals surface area contributed by atoms with E-state index in [2.05, 4.69) is 9.97 Å². The monoisotopic (exact) mass is 328 g/mol. The number of ketones is 2. The summed E-state index contributed by atoms with van der Waals surface area (Å²) >= 11 is 0. The smallest absolute Gasteiger partial charge is 0.263 e. The number of Topliss-reactive ketones (excluding diaryl/α,β-unsaturated/α-hetero) is 2. The molecule has 122 valence electrons. The summed E-state index contributed by atoms with van der Waals surface area (Å²) in [6.07, 6.45) is 0. The van der Waals surface area contributed by atoms with Crippen LogP contribution >= 0.6 is 0 Å². The highest BCUT2D eigenvalue weighted by atomic mass is 16.3. The van der Waals surface area contributed by atoms with Crippen LogP contribution < -0.4 is 11.1 Å². The number of hydrogen-bond acceptors (Lipinski definition) is 6. The second-order valence-corrected chi connectivity index (χ2v) is 5.38. The summed E-state index contributed by atoms with van der Waals surface area (Å²) in [4.78, 5) is 52.0. The number of H-pyrrole nitrogens is 2. The van der Waals surface area contributed by atoms with E-state index in [1.165, 1.54) is 12.1 Å². The van der Waals surface area contributed by atoms with Gasteiger partial charge in [-0.2, -0.15) is 0 Å². The first-order valence-electron chi connectivity index (χ1n) is 6.92. The molecule has 0 saturated carbocycles. The molecule has 2 aromatic heterocycles. The minimum atomic E-state index is -0.775. The van der Waals surface area contributed by atoms with Crippen molar-refractivity contribution in [2.75, 3.05) is 0 Å². The van der Waals surface area contributed by atoms with Crippen molar-refractivity contribution in [1.29, 1.82) is 0 Å². The van der Waals surface area contributed by atoms with Crippen molar-refractivity contribution in [3.8, 4) is 11.5 Å². The van der Waals surface area contributed by atoms with Gasteiger partial charge in [-0.15, -0.1) is 0 Å². The number of aromatic nitrogens is 2. The predicted octanol–water partition coefficient (Wildman–Crippen LogP) is 1.19. The third kappa shape index (κ3) is 2.00. The van der Waals surface area contributed by atoms with E-state index in [0.29, 0.717) is 0 Å². The van der Waals surface area contributed by atoms with Crippen molar-refractivity contribution in [1.82, 2.24) is 9.97 Å². The molecule has 0 aliphatic rings. The molecule has 2 heterocycles. The zero-order valence-electron chi connectivity index (χ0n) is 12.7. The molecule has 8 heteroatoms. The topological polar surface area (TPSA) is 140 Å². The van der Waals surface area contributed by atoms with E-state index < -0.39 is 45.3 Å². The molecule has 0 bridgehead atoms. The number of nitrogens with one attached hydrogen (secondary N) is 2. The Bertz CT molecular complexity index is 1080. The van der Waals surface area contributed by atoms with Crippen molar-refractivity contribution < 1.29 is 19.8 Å². The first-order chi connectivity index (χ1) is 11.2. The number of aromatic hydroxyl groups is 2. The minimum absolute atomic E-state index is 0.0337. The Morgan fingerprint density at radius 3 is 1.42 bits per heavy atom. The van der Waals surface area contributed by atoms with Crippen molar-refractivity contribution >= 4 is 33.4 Å². The molecule has 1 aromatic carbocycles. The Morgan fingerprint density at radius 2 is 1.12 bits per heavy atom. The fourth-order valence-corrected chi connectivity index (χ4v) is 2.79. The van der Waals surface area contributed by atoms with Crippen molar-refractivity contribution in [2.45, 2.75) is 13.8 Å². The molecule has 0 aliphatic carbocycles. The second-order valence-electron chi connectivity index (χ2n) is 5.38. The first kappa shape index (κ1) is 15.5. The Balaban J connectivity index is 2.69. The molecular formula is C16H12N2O6. The maximum absolute atomic E-state index is 11.9. The molecule has 3 rings (SSSR count). The average Bonchev–Trinajstić information content (AvgIpc) is 2.45. The van der Waals surface area contributed by atoms with Crippen LogP contribution in [0.4, 0.5) is 0 Å². The highest BCUT2D eigenvalue weighted by Crippen LogP contribution is 2.37. The molecule has 8 nitrogen and oxygen atoms in total. The number of rotatable bonds is 2. The van der Waals surface area contributed by atoms with E-state index >= 15 is 0 Å². The predicted molar refractivity (Wildman–Crippen MR) is 86.0 cm³/mol. The number of fused-ring (bicyclic) bond motifs is 3. The molecular weight excluding hydrogens is 316 g/mol. The van der Waals surface area contributed by atoms with Gasteiger partial charge in [0.1, 0.15) is 22.6 Å². The van der Waals surface area contributed by atoms with E-state index in [1.54, 1.807) is 0 Å². The Labute approximate surface area is 133 Å². The third-order valence-corrected chi connectivity index (χ3v) is 3.81. The van der Waals surface area contributed by atoms with Crippen molar-refractivity contribution in [3.63, 3.8) is 0 Å². The number of carbonyl (C=O) groups is 2. The van der Waals surface area contributed by atoms with E-state index in [0.717, 1.165) is 13.8 Å². The summed E-state index contributed by atoms with van der Waals surface area (Å²) in [5, 5.41) is 20.7. The van der Waals surface area contributed by atoms with E-state index in [-0.39, 0.29) is 21.8 Å². The number of benzene rings is 1. The fraction of sp³-hybridized carbons (Fsp3) is 0.125. The average molecular weight is 328 g/mol. The quantitative estimate of drug-likeness (QED) is 0.411. The van der Waals surface area contributed by atoms with E-state index in [9.17, 15) is 29.4 Å². The van der Waals surface area contributed by atoms with Gasteiger partial charge in [0.05, 0.1) is 21.8 Å². The third-order valence-electron chi connectivity index (χ3n) is 3.81. The molecule has 0 atom stereocenters. The molecule has 0 radical (unpaired) electrons. The number of pyridine rings is 2. The van der Waals surface area contributed by atoms with Gasteiger partial charge in [0.15, 0.2) is 11.6 Å². The lowest BCUT2D eigenvalue weighted by atomic mass is 10.0. The van der Waals surface area contributed by atoms with Crippen LogP contribution in [0, 0.1) is 0 Å². The van der Waals surface area contributed by atoms with Crippen LogP contribution in [0.15, 0.2) is 21.7 Å². The van der Waals surface area contributed by atoms with Gasteiger partial charge < -0.3 is 20.2 Å². The SMILES string of the molecule is CC(=O)c1c(O)c2c(ccc3[nH]c(=O)c(C(C)=O)c(O)c32)[nH]c1=O. The molecule has 0 unspecified atom stereocenters. The maximum Gasteiger partial charge on any atom is 0.263 e. The van der Waals surface area contributed by atoms with Crippen LogP contribution in [0.25, 0.3) is 21.8 Å². The molecule has 0 fully saturated rings. The highest BCUT2D eigenvalue weighted by molar-refractivity contribution is 6.16. The van der Waals surface area contributed by atoms with E-state index in [4.69, 9.17) is 0 Å². The van der Waals surface area contributed by atoms with E-state index in [1.807, 2.05) is 0 Å². The summed E-state index contributed by atoms with van der Waals surface area (Å²) in [6.45, 7) is 2.23. The zero-order chi connectivity index (χ0) is 17.8. The van der Waals surface area contributed by atoms with Gasteiger partial charge in [-0.3, -0.25) is 19.2 Å². The lowest BCUT2D eigenvalue weighted by Gasteiger charge is -2.11. The van der Waals surface area contributed by atoms with Gasteiger partial charge in [0.25, 0.3) is 11.1 Å². The number of carbonyl (C=O) groups excluding carboxylic acids is 2. The van der Waals surface area contributed by atoms with Gasteiger partial charge >= 0.3 is 0 Å². The molecule has 24 heavy (non-hydrogen) atoms. The van der Waals surface area contributed by atoms with Crippen LogP contribution in [0.2, 0.25) is 0 Å². The van der Waals surface area contributed by atoms with Gasteiger partial charge in [0, 0.05) is 0 Å². The zero-order valence-corrected chi connectivity index (χ0v) is 12.7. The summed E-state index contributed by atoms with van der Waals surface area (Å²) in [6, 6.07) is 2.82. The largest absolute Gasteiger partial charge is 0.506 e. The van der Waals surface area contributed by atoms with Gasteiger partial charge in [-0.05, 0) is 26.0 Å². The van der Waals surface area contributed by atoms with Crippen LogP contribution in [0.3, 0.4) is 0 Å². The standard InChI is InChI=1S/C16H12N2O6/c1-5(19)9-13(21)11-7(17-15(9)23)3-4-8-12(11)14(22)10(6(2)20)16(24)18-8/h3-4H,1-2H3,(H2,17,21,23)(H2,18,22,24). The van der Waals surface area contributed by atoms with Crippen LogP contribution in [0.5, 0.6) is 11.5 Å². The van der Waals surface area contributed by atoms with Crippen molar-refractivity contribution in [2.24, 2.45) is 0 Å². The molecule has 0 saturated heterocycles. The summed E-state index contributed by atoms with van der Waals surface area (Å²) < 4.78 is 0. The van der Waals surface area contributed by atoms with Crippen LogP contribution in [-0.2, 0) is 0 Å². The molecule has 4 N–H and O–H groups in total. The summed E-state index contributed by atoms with van der Waals surface area (Å²) in [7, 11) is 0. The highest BCUT2D eigenvalue weighted by Gasteiger charge is 2.22. The second kappa shape index (κ2) is 5.05. The maximum atomic E-state index is 11.9. The lowest BCUT2D eigenvalue weighted by molar-refractivity contribution is 0.100. The number of hydrogen-bond donors (Lipinski definition) is 4. The first-order valence-corrected chi connectivity index (χ1v) is 6.92. The molecule has 3 aromatic rings. The Hall–Kier alpha value is -3.42. The fourth-order valence-electron chi connectivity index (χ4n) is 2.79. The Kier molecular flexibility index (Phi) is 3.26. The van der Waals surface area contributed by atoms with Gasteiger partial charge in [-0.25, -0.2) is 0 Å². The molecule has 0 amide bonds. The Morgan fingerprint density at radius 1 is 0.792 bits per heavy atom. The lowest BCUT2D eigenvalue weighted by Crippen LogP contribution is -2.18. The van der Waals surface area contributed by atoms with Crippen molar-refractivity contribution in [3.05, 3.63) is 44.0 Å². The van der Waals surface area contributed by atoms with Crippen LogP contribution in [-0.4, -0.2) is 31.7 Å². The normalized spacial score (nSPS) is 11.1. The van der Waals surface area contributed by atoms with Gasteiger partial charge in [-0.1, -0.05) is 0 Å². The number of aromatic amines is 2. The van der Waals surface area contributed by atoms with Gasteiger partial charge in [0.2, 0.25) is 0 Å². The molecule has 0 spiro atoms. The summed E-state index contributed by atoms with van der Waals surface area (Å²) in [5.74, 6) is -2.57. The minimum Gasteiger partial charge on any atom is -0.506 e. The van der Waals surface area contributed by atoms with Crippen LogP contribution in [0.1, 0.15) is 34.6 Å². The molecule has 0 aliphatic heterocycles.